The van der Waals surface area contributed by atoms with E-state index in [1.807, 2.05) is 12.1 Å². The lowest BCUT2D eigenvalue weighted by atomic mass is 10.2. The number of nitrogens with zero attached hydrogens (tertiary/aromatic N) is 2. The highest BCUT2D eigenvalue weighted by Gasteiger charge is 2.19. The van der Waals surface area contributed by atoms with E-state index in [1.165, 1.54) is 4.68 Å². The summed E-state index contributed by atoms with van der Waals surface area (Å²) in [6, 6.07) is 5.45. The number of nitrogen functional groups attached to an aromatic ring is 1. The van der Waals surface area contributed by atoms with Crippen molar-refractivity contribution >= 4 is 11.8 Å². The number of para-hydroxylation sites is 1. The largest absolute Gasteiger partial charge is 0.493 e. The Bertz CT molecular complexity index is 679. The number of ether oxygens (including phenoxy) is 2. The van der Waals surface area contributed by atoms with E-state index in [2.05, 4.69) is 5.10 Å². The third-order valence-electron chi connectivity index (χ3n) is 3.25. The summed E-state index contributed by atoms with van der Waals surface area (Å²) in [5, 5.41) is 13.1. The summed E-state index contributed by atoms with van der Waals surface area (Å²) in [5.41, 5.74) is 7.11. The molecule has 0 amide bonds. The van der Waals surface area contributed by atoms with Crippen LogP contribution < -0.4 is 15.2 Å². The summed E-state index contributed by atoms with van der Waals surface area (Å²) in [6.07, 6.45) is 0. The summed E-state index contributed by atoms with van der Waals surface area (Å²) in [7, 11) is 3.10. The van der Waals surface area contributed by atoms with E-state index in [0.717, 1.165) is 5.56 Å². The van der Waals surface area contributed by atoms with E-state index in [0.29, 0.717) is 29.4 Å². The Hall–Kier alpha value is -2.70. The van der Waals surface area contributed by atoms with Gasteiger partial charge in [0, 0.05) is 11.1 Å². The highest BCUT2D eigenvalue weighted by atomic mass is 16.5. The molecule has 2 rings (SSSR count). The maximum absolute atomic E-state index is 11.1. The summed E-state index contributed by atoms with van der Waals surface area (Å²) in [5.74, 6) is 0.383. The molecule has 1 heterocycles. The number of rotatable bonds is 5. The summed E-state index contributed by atoms with van der Waals surface area (Å²) in [4.78, 5) is 11.1. The first-order chi connectivity index (χ1) is 9.99. The Labute approximate surface area is 121 Å². The minimum absolute atomic E-state index is 0.0469. The SMILES string of the molecule is COc1cccc(Cn2nc(C(=O)O)c(C)c2N)c1OC. The van der Waals surface area contributed by atoms with Crippen LogP contribution in [0.25, 0.3) is 0 Å². The standard InChI is InChI=1S/C14H17N3O4/c1-8-11(14(18)19)16-17(13(8)15)7-9-5-4-6-10(20-2)12(9)21-3/h4-6H,7,15H2,1-3H3,(H,18,19). The lowest BCUT2D eigenvalue weighted by Gasteiger charge is -2.13. The van der Waals surface area contributed by atoms with Gasteiger partial charge in [-0.1, -0.05) is 12.1 Å². The zero-order chi connectivity index (χ0) is 15.6. The highest BCUT2D eigenvalue weighted by molar-refractivity contribution is 5.88. The van der Waals surface area contributed by atoms with E-state index in [-0.39, 0.29) is 5.69 Å². The lowest BCUT2D eigenvalue weighted by Crippen LogP contribution is -2.08. The fourth-order valence-corrected chi connectivity index (χ4v) is 2.13. The highest BCUT2D eigenvalue weighted by Crippen LogP contribution is 2.31. The molecule has 112 valence electrons. The molecule has 1 aromatic carbocycles. The zero-order valence-corrected chi connectivity index (χ0v) is 12.1. The van der Waals surface area contributed by atoms with Crippen LogP contribution in [0.5, 0.6) is 11.5 Å². The van der Waals surface area contributed by atoms with E-state index < -0.39 is 5.97 Å². The van der Waals surface area contributed by atoms with Gasteiger partial charge in [0.25, 0.3) is 0 Å². The zero-order valence-electron chi connectivity index (χ0n) is 12.1. The Morgan fingerprint density at radius 3 is 2.62 bits per heavy atom. The first-order valence-electron chi connectivity index (χ1n) is 6.25. The van der Waals surface area contributed by atoms with Crippen molar-refractivity contribution in [2.24, 2.45) is 0 Å². The Morgan fingerprint density at radius 2 is 2.10 bits per heavy atom. The van der Waals surface area contributed by atoms with Gasteiger partial charge >= 0.3 is 5.97 Å². The second kappa shape index (κ2) is 5.74. The van der Waals surface area contributed by atoms with Crippen LogP contribution in [0.1, 0.15) is 21.6 Å². The third-order valence-corrected chi connectivity index (χ3v) is 3.25. The van der Waals surface area contributed by atoms with Crippen LogP contribution in [0.4, 0.5) is 5.82 Å². The minimum Gasteiger partial charge on any atom is -0.493 e. The molecule has 7 nitrogen and oxygen atoms in total. The van der Waals surface area contributed by atoms with Crippen LogP contribution in [-0.4, -0.2) is 35.1 Å². The topological polar surface area (TPSA) is 99.6 Å². The van der Waals surface area contributed by atoms with E-state index in [4.69, 9.17) is 20.3 Å². The molecule has 3 N–H and O–H groups in total. The predicted molar refractivity (Wildman–Crippen MR) is 77.0 cm³/mol. The maximum atomic E-state index is 11.1. The number of anilines is 1. The number of hydrogen-bond donors (Lipinski definition) is 2. The van der Waals surface area contributed by atoms with Crippen LogP contribution in [0, 0.1) is 6.92 Å². The lowest BCUT2D eigenvalue weighted by molar-refractivity contribution is 0.0688. The number of carboxylic acids is 1. The maximum Gasteiger partial charge on any atom is 0.356 e. The van der Waals surface area contributed by atoms with Crippen molar-refractivity contribution in [1.29, 1.82) is 0 Å². The summed E-state index contributed by atoms with van der Waals surface area (Å²) >= 11 is 0. The molecule has 0 saturated heterocycles. The fourth-order valence-electron chi connectivity index (χ4n) is 2.13. The molecule has 0 aliphatic heterocycles. The van der Waals surface area contributed by atoms with Gasteiger partial charge < -0.3 is 20.3 Å². The van der Waals surface area contributed by atoms with Crippen molar-refractivity contribution in [3.05, 3.63) is 35.0 Å². The van der Waals surface area contributed by atoms with Crippen LogP contribution in [0.15, 0.2) is 18.2 Å². The molecule has 0 radical (unpaired) electrons. The quantitative estimate of drug-likeness (QED) is 0.866. The van der Waals surface area contributed by atoms with E-state index >= 15 is 0 Å². The van der Waals surface area contributed by atoms with E-state index in [1.54, 1.807) is 27.2 Å². The average Bonchev–Trinajstić information content (AvgIpc) is 2.75. The van der Waals surface area contributed by atoms with Gasteiger partial charge in [0.1, 0.15) is 5.82 Å². The molecule has 0 atom stereocenters. The average molecular weight is 291 g/mol. The van der Waals surface area contributed by atoms with Crippen molar-refractivity contribution in [1.82, 2.24) is 9.78 Å². The van der Waals surface area contributed by atoms with Crippen LogP contribution in [0.2, 0.25) is 0 Å². The van der Waals surface area contributed by atoms with Crippen LogP contribution in [0.3, 0.4) is 0 Å². The summed E-state index contributed by atoms with van der Waals surface area (Å²) < 4.78 is 12.0. The molecule has 0 fully saturated rings. The normalized spacial score (nSPS) is 10.4. The number of aromatic nitrogens is 2. The van der Waals surface area contributed by atoms with Gasteiger partial charge in [0.15, 0.2) is 17.2 Å². The van der Waals surface area contributed by atoms with Gasteiger partial charge in [0.05, 0.1) is 20.8 Å². The minimum atomic E-state index is -1.10. The van der Waals surface area contributed by atoms with Gasteiger partial charge in [-0.15, -0.1) is 0 Å². The van der Waals surface area contributed by atoms with E-state index in [9.17, 15) is 4.79 Å². The first kappa shape index (κ1) is 14.7. The summed E-state index contributed by atoms with van der Waals surface area (Å²) in [6.45, 7) is 1.92. The fraction of sp³-hybridized carbons (Fsp3) is 0.286. The van der Waals surface area contributed by atoms with Gasteiger partial charge in [-0.25, -0.2) is 9.48 Å². The van der Waals surface area contributed by atoms with Crippen LogP contribution >= 0.6 is 0 Å². The van der Waals surface area contributed by atoms with Crippen molar-refractivity contribution in [2.45, 2.75) is 13.5 Å². The molecule has 2 aromatic rings. The Balaban J connectivity index is 2.44. The van der Waals surface area contributed by atoms with Gasteiger partial charge in [0.2, 0.25) is 0 Å². The monoisotopic (exact) mass is 291 g/mol. The molecule has 0 bridgehead atoms. The number of carbonyl (C=O) groups is 1. The molecule has 1 aromatic heterocycles. The Morgan fingerprint density at radius 1 is 1.38 bits per heavy atom. The number of carboxylic acid groups (broad SMARTS) is 1. The molecule has 0 spiro atoms. The number of hydrogen-bond acceptors (Lipinski definition) is 5. The second-order valence-electron chi connectivity index (χ2n) is 4.47. The first-order valence-corrected chi connectivity index (χ1v) is 6.25. The third kappa shape index (κ3) is 2.62. The molecule has 0 aliphatic carbocycles. The Kier molecular flexibility index (Phi) is 4.02. The smallest absolute Gasteiger partial charge is 0.356 e. The van der Waals surface area contributed by atoms with Crippen molar-refractivity contribution in [2.75, 3.05) is 20.0 Å². The van der Waals surface area contributed by atoms with Crippen molar-refractivity contribution in [3.63, 3.8) is 0 Å². The molecular formula is C14H17N3O4. The molecule has 0 unspecified atom stereocenters. The van der Waals surface area contributed by atoms with Gasteiger partial charge in [-0.05, 0) is 13.0 Å². The number of nitrogens with two attached hydrogens (primary N) is 1. The second-order valence-corrected chi connectivity index (χ2v) is 4.47. The molecule has 0 saturated carbocycles. The van der Waals surface area contributed by atoms with Crippen molar-refractivity contribution < 1.29 is 19.4 Å². The molecular weight excluding hydrogens is 274 g/mol. The predicted octanol–water partition coefficient (Wildman–Crippen LogP) is 1.54. The molecule has 0 aliphatic rings. The van der Waals surface area contributed by atoms with Gasteiger partial charge in [-0.3, -0.25) is 0 Å². The molecule has 7 heteroatoms. The number of methoxy groups -OCH3 is 2. The van der Waals surface area contributed by atoms with Crippen LogP contribution in [-0.2, 0) is 6.54 Å². The number of aromatic carboxylic acids is 1. The van der Waals surface area contributed by atoms with Gasteiger partial charge in [-0.2, -0.15) is 5.10 Å². The number of benzene rings is 1. The molecule has 21 heavy (non-hydrogen) atoms. The van der Waals surface area contributed by atoms with Crippen molar-refractivity contribution in [3.8, 4) is 11.5 Å².